The molecule has 22 heavy (non-hydrogen) atoms. The van der Waals surface area contributed by atoms with Crippen molar-refractivity contribution in [2.24, 2.45) is 11.7 Å². The van der Waals surface area contributed by atoms with Crippen LogP contribution in [0.5, 0.6) is 0 Å². The Labute approximate surface area is 138 Å². The van der Waals surface area contributed by atoms with E-state index in [9.17, 15) is 4.79 Å². The lowest BCUT2D eigenvalue weighted by atomic mass is 9.97. The number of rotatable bonds is 6. The molecule has 1 atom stereocenters. The summed E-state index contributed by atoms with van der Waals surface area (Å²) in [6.45, 7) is 8.54. The quantitative estimate of drug-likeness (QED) is 0.784. The third-order valence-electron chi connectivity index (χ3n) is 4.01. The third kappa shape index (κ3) is 4.66. The summed E-state index contributed by atoms with van der Waals surface area (Å²) < 4.78 is 2.12. The van der Waals surface area contributed by atoms with Gasteiger partial charge in [0.25, 0.3) is 0 Å². The fraction of sp³-hybridized carbons (Fsp3) is 0.786. The number of aryl methyl sites for hydroxylation is 1. The molecule has 1 aliphatic heterocycles. The van der Waals surface area contributed by atoms with Crippen molar-refractivity contribution in [3.63, 3.8) is 0 Å². The molecule has 2 heterocycles. The zero-order valence-electron chi connectivity index (χ0n) is 13.4. The Morgan fingerprint density at radius 3 is 2.91 bits per heavy atom. The molecule has 126 valence electrons. The minimum atomic E-state index is 0. The second-order valence-electron chi connectivity index (χ2n) is 5.56. The normalized spacial score (nSPS) is 18.8. The Morgan fingerprint density at radius 1 is 1.45 bits per heavy atom. The second kappa shape index (κ2) is 9.07. The molecule has 1 aliphatic rings. The predicted octanol–water partition coefficient (Wildman–Crippen LogP) is 0.315. The molecular weight excluding hydrogens is 304 g/mol. The number of nitrogens with two attached hydrogens (primary N) is 1. The summed E-state index contributed by atoms with van der Waals surface area (Å²) in [6, 6.07) is 0. The molecule has 8 heteroatoms. The Balaban J connectivity index is 0.00000242. The summed E-state index contributed by atoms with van der Waals surface area (Å²) in [5, 5.41) is 11.3. The van der Waals surface area contributed by atoms with Gasteiger partial charge in [-0.25, -0.2) is 0 Å². The minimum absolute atomic E-state index is 0. The van der Waals surface area contributed by atoms with Gasteiger partial charge in [0.2, 0.25) is 5.91 Å². The van der Waals surface area contributed by atoms with E-state index in [1.807, 2.05) is 6.92 Å². The van der Waals surface area contributed by atoms with Gasteiger partial charge in [-0.05, 0) is 33.2 Å². The fourth-order valence-corrected chi connectivity index (χ4v) is 2.91. The lowest BCUT2D eigenvalue weighted by molar-refractivity contribution is -0.126. The average molecular weight is 331 g/mol. The fourth-order valence-electron chi connectivity index (χ4n) is 2.91. The first-order valence-electron chi connectivity index (χ1n) is 7.74. The van der Waals surface area contributed by atoms with Gasteiger partial charge in [0.05, 0.1) is 12.5 Å². The number of carbonyl (C=O) groups excluding carboxylic acids is 1. The largest absolute Gasteiger partial charge is 0.355 e. The maximum Gasteiger partial charge on any atom is 0.224 e. The first-order valence-corrected chi connectivity index (χ1v) is 7.74. The first-order chi connectivity index (χ1) is 10.2. The zero-order chi connectivity index (χ0) is 15.2. The van der Waals surface area contributed by atoms with Crippen LogP contribution in [0.15, 0.2) is 0 Å². The molecular formula is C14H27ClN6O. The topological polar surface area (TPSA) is 89.1 Å². The number of nitrogens with one attached hydrogen (secondary N) is 1. The van der Waals surface area contributed by atoms with Crippen LogP contribution in [0.1, 0.15) is 31.4 Å². The van der Waals surface area contributed by atoms with Crippen LogP contribution < -0.4 is 11.1 Å². The number of hydrogen-bond acceptors (Lipinski definition) is 5. The van der Waals surface area contributed by atoms with Gasteiger partial charge in [0, 0.05) is 26.2 Å². The van der Waals surface area contributed by atoms with Gasteiger partial charge < -0.3 is 15.6 Å². The lowest BCUT2D eigenvalue weighted by Gasteiger charge is -2.31. The highest BCUT2D eigenvalue weighted by Crippen LogP contribution is 2.18. The number of hydrogen-bond donors (Lipinski definition) is 2. The Hall–Kier alpha value is -1.18. The van der Waals surface area contributed by atoms with Crippen molar-refractivity contribution in [1.82, 2.24) is 25.0 Å². The van der Waals surface area contributed by atoms with E-state index in [1.54, 1.807) is 0 Å². The monoisotopic (exact) mass is 330 g/mol. The van der Waals surface area contributed by atoms with Gasteiger partial charge in [-0.15, -0.1) is 22.6 Å². The highest BCUT2D eigenvalue weighted by molar-refractivity contribution is 5.85. The molecule has 1 unspecified atom stereocenters. The van der Waals surface area contributed by atoms with Gasteiger partial charge in [0.1, 0.15) is 11.6 Å². The Kier molecular flexibility index (Phi) is 7.78. The molecule has 0 aromatic carbocycles. The molecule has 0 radical (unpaired) electrons. The highest BCUT2D eigenvalue weighted by Gasteiger charge is 2.26. The van der Waals surface area contributed by atoms with Gasteiger partial charge >= 0.3 is 0 Å². The van der Waals surface area contributed by atoms with Crippen LogP contribution >= 0.6 is 12.4 Å². The van der Waals surface area contributed by atoms with Gasteiger partial charge in [0.15, 0.2) is 0 Å². The maximum atomic E-state index is 12.1. The number of amides is 1. The van der Waals surface area contributed by atoms with E-state index in [1.165, 1.54) is 0 Å². The van der Waals surface area contributed by atoms with E-state index in [2.05, 4.69) is 31.9 Å². The molecule has 1 amide bonds. The molecule has 1 fully saturated rings. The van der Waals surface area contributed by atoms with Crippen molar-refractivity contribution >= 4 is 18.3 Å². The van der Waals surface area contributed by atoms with Crippen LogP contribution in [-0.4, -0.2) is 51.8 Å². The smallest absolute Gasteiger partial charge is 0.224 e. The zero-order valence-corrected chi connectivity index (χ0v) is 14.2. The molecule has 2 rings (SSSR count). The van der Waals surface area contributed by atoms with E-state index in [0.717, 1.165) is 50.7 Å². The minimum Gasteiger partial charge on any atom is -0.355 e. The maximum absolute atomic E-state index is 12.1. The standard InChI is InChI=1S/C14H26N6O.ClH/c1-3-20-11(2)17-18-13(20)10-19-8-4-5-12(9-19)14(21)16-7-6-15;/h12H,3-10,15H2,1-2H3,(H,16,21);1H. The lowest BCUT2D eigenvalue weighted by Crippen LogP contribution is -2.44. The molecule has 1 aromatic heterocycles. The SMILES string of the molecule is CCn1c(C)nnc1CN1CCCC(C(=O)NCCN)C1.Cl. The summed E-state index contributed by atoms with van der Waals surface area (Å²) >= 11 is 0. The van der Waals surface area contributed by atoms with E-state index in [0.29, 0.717) is 13.1 Å². The van der Waals surface area contributed by atoms with Gasteiger partial charge in [-0.3, -0.25) is 9.69 Å². The van der Waals surface area contributed by atoms with Gasteiger partial charge in [-0.1, -0.05) is 0 Å². The number of piperidine rings is 1. The van der Waals surface area contributed by atoms with E-state index in [-0.39, 0.29) is 24.2 Å². The van der Waals surface area contributed by atoms with Crippen LogP contribution in [0.3, 0.4) is 0 Å². The number of likely N-dealkylation sites (tertiary alicyclic amines) is 1. The molecule has 0 saturated carbocycles. The summed E-state index contributed by atoms with van der Waals surface area (Å²) in [5.74, 6) is 2.11. The highest BCUT2D eigenvalue weighted by atomic mass is 35.5. The van der Waals surface area contributed by atoms with Crippen LogP contribution in [0, 0.1) is 12.8 Å². The average Bonchev–Trinajstić information content (AvgIpc) is 2.85. The molecule has 0 bridgehead atoms. The van der Waals surface area contributed by atoms with Crippen molar-refractivity contribution in [3.8, 4) is 0 Å². The van der Waals surface area contributed by atoms with Crippen molar-refractivity contribution in [3.05, 3.63) is 11.6 Å². The number of nitrogens with zero attached hydrogens (tertiary/aromatic N) is 4. The summed E-state index contributed by atoms with van der Waals surface area (Å²) in [4.78, 5) is 14.4. The Bertz CT molecular complexity index is 478. The number of halogens is 1. The van der Waals surface area contributed by atoms with E-state index in [4.69, 9.17) is 5.73 Å². The summed E-state index contributed by atoms with van der Waals surface area (Å²) in [6.07, 6.45) is 1.99. The number of carbonyl (C=O) groups is 1. The van der Waals surface area contributed by atoms with Gasteiger partial charge in [-0.2, -0.15) is 0 Å². The Morgan fingerprint density at radius 2 is 2.23 bits per heavy atom. The van der Waals surface area contributed by atoms with Crippen LogP contribution in [0.4, 0.5) is 0 Å². The summed E-state index contributed by atoms with van der Waals surface area (Å²) in [7, 11) is 0. The van der Waals surface area contributed by atoms with E-state index >= 15 is 0 Å². The summed E-state index contributed by atoms with van der Waals surface area (Å²) in [5.41, 5.74) is 5.43. The molecule has 1 saturated heterocycles. The van der Waals surface area contributed by atoms with Crippen LogP contribution in [0.2, 0.25) is 0 Å². The molecule has 3 N–H and O–H groups in total. The van der Waals surface area contributed by atoms with Crippen molar-refractivity contribution in [1.29, 1.82) is 0 Å². The van der Waals surface area contributed by atoms with Crippen molar-refractivity contribution in [2.75, 3.05) is 26.2 Å². The third-order valence-corrected chi connectivity index (χ3v) is 4.01. The van der Waals surface area contributed by atoms with Crippen LogP contribution in [0.25, 0.3) is 0 Å². The van der Waals surface area contributed by atoms with Crippen molar-refractivity contribution < 1.29 is 4.79 Å². The molecule has 7 nitrogen and oxygen atoms in total. The van der Waals surface area contributed by atoms with E-state index < -0.39 is 0 Å². The molecule has 1 aromatic rings. The first kappa shape index (κ1) is 18.9. The number of aromatic nitrogens is 3. The predicted molar refractivity (Wildman–Crippen MR) is 87.7 cm³/mol. The van der Waals surface area contributed by atoms with Crippen molar-refractivity contribution in [2.45, 2.75) is 39.8 Å². The second-order valence-corrected chi connectivity index (χ2v) is 5.56. The molecule has 0 spiro atoms. The van der Waals surface area contributed by atoms with Crippen LogP contribution in [-0.2, 0) is 17.9 Å². The molecule has 0 aliphatic carbocycles.